The molecule has 1 N–H and O–H groups in total. The van der Waals surface area contributed by atoms with Crippen LogP contribution in [0, 0.1) is 25.5 Å². The zero-order chi connectivity index (χ0) is 21.8. The van der Waals surface area contributed by atoms with Crippen LogP contribution >= 0.6 is 0 Å². The van der Waals surface area contributed by atoms with Crippen molar-refractivity contribution in [3.63, 3.8) is 0 Å². The Hall–Kier alpha value is -3.68. The van der Waals surface area contributed by atoms with Gasteiger partial charge in [-0.05, 0) is 43.7 Å². The molecule has 1 amide bonds. The van der Waals surface area contributed by atoms with Crippen LogP contribution in [-0.2, 0) is 0 Å². The Bertz CT molecular complexity index is 1180. The van der Waals surface area contributed by atoms with Gasteiger partial charge in [0.2, 0.25) is 0 Å². The minimum Gasteiger partial charge on any atom is -0.356 e. The Morgan fingerprint density at radius 3 is 2.37 bits per heavy atom. The Morgan fingerprint density at radius 2 is 1.73 bits per heavy atom. The van der Waals surface area contributed by atoms with Crippen LogP contribution in [0.1, 0.15) is 35.5 Å². The van der Waals surface area contributed by atoms with Gasteiger partial charge in [0, 0.05) is 10.9 Å². The van der Waals surface area contributed by atoms with Gasteiger partial charge < -0.3 is 9.84 Å². The van der Waals surface area contributed by atoms with Crippen molar-refractivity contribution in [2.75, 3.05) is 5.32 Å². The van der Waals surface area contributed by atoms with E-state index in [0.29, 0.717) is 11.3 Å². The van der Waals surface area contributed by atoms with Crippen molar-refractivity contribution in [1.29, 1.82) is 0 Å². The third-order valence-electron chi connectivity index (χ3n) is 4.36. The van der Waals surface area contributed by atoms with Gasteiger partial charge in [-0.3, -0.25) is 9.78 Å². The highest BCUT2D eigenvalue weighted by Crippen LogP contribution is 2.28. The van der Waals surface area contributed by atoms with Crippen molar-refractivity contribution >= 4 is 22.7 Å². The molecule has 0 saturated heterocycles. The summed E-state index contributed by atoms with van der Waals surface area (Å²) in [5, 5.41) is 7.21. The molecule has 0 bridgehead atoms. The van der Waals surface area contributed by atoms with E-state index >= 15 is 0 Å². The summed E-state index contributed by atoms with van der Waals surface area (Å²) >= 11 is 0. The van der Waals surface area contributed by atoms with E-state index in [1.165, 1.54) is 18.5 Å². The molecule has 0 spiro atoms. The van der Waals surface area contributed by atoms with Crippen molar-refractivity contribution in [2.45, 2.75) is 27.7 Å². The number of nitrogens with zero attached hydrogens (tertiary/aromatic N) is 3. The number of anilines is 1. The van der Waals surface area contributed by atoms with Crippen molar-refractivity contribution < 1.29 is 18.1 Å². The summed E-state index contributed by atoms with van der Waals surface area (Å²) in [6.07, 6.45) is 2.78. The van der Waals surface area contributed by atoms with E-state index in [2.05, 4.69) is 20.4 Å². The summed E-state index contributed by atoms with van der Waals surface area (Å²) in [5.41, 5.74) is 3.08. The van der Waals surface area contributed by atoms with E-state index in [-0.39, 0.29) is 5.82 Å². The molecule has 4 aromatic rings. The van der Waals surface area contributed by atoms with E-state index in [1.807, 2.05) is 39.8 Å². The Labute approximate surface area is 172 Å². The van der Waals surface area contributed by atoms with Crippen LogP contribution in [0.3, 0.4) is 0 Å². The van der Waals surface area contributed by atoms with Gasteiger partial charge in [0.25, 0.3) is 5.91 Å². The van der Waals surface area contributed by atoms with Crippen LogP contribution < -0.4 is 5.32 Å². The van der Waals surface area contributed by atoms with Gasteiger partial charge in [-0.25, -0.2) is 13.8 Å². The zero-order valence-electron chi connectivity index (χ0n) is 17.0. The minimum absolute atomic E-state index is 0.0747. The summed E-state index contributed by atoms with van der Waals surface area (Å²) in [6, 6.07) is 6.98. The van der Waals surface area contributed by atoms with Crippen molar-refractivity contribution in [3.8, 4) is 11.3 Å². The first kappa shape index (κ1) is 21.0. The number of hydrogen-bond acceptors (Lipinski definition) is 5. The summed E-state index contributed by atoms with van der Waals surface area (Å²) in [6.45, 7) is 7.79. The smallest absolute Gasteiger partial charge is 0.262 e. The van der Waals surface area contributed by atoms with Crippen LogP contribution in [0.15, 0.2) is 47.2 Å². The van der Waals surface area contributed by atoms with E-state index in [4.69, 9.17) is 4.52 Å². The van der Waals surface area contributed by atoms with Gasteiger partial charge in [0.1, 0.15) is 17.2 Å². The number of amides is 1. The predicted octanol–water partition coefficient (Wildman–Crippen LogP) is 5.46. The lowest BCUT2D eigenvalue weighted by atomic mass is 10.0. The normalized spacial score (nSPS) is 10.5. The maximum atomic E-state index is 13.7. The number of carbonyl (C=O) groups excluding carboxylic acids is 1. The number of carbonyl (C=O) groups is 1. The molecule has 2 aromatic carbocycles. The van der Waals surface area contributed by atoms with E-state index in [0.717, 1.165) is 34.3 Å². The van der Waals surface area contributed by atoms with Crippen molar-refractivity contribution in [1.82, 2.24) is 15.1 Å². The highest BCUT2D eigenvalue weighted by Gasteiger charge is 2.18. The molecule has 0 atom stereocenters. The zero-order valence-corrected chi connectivity index (χ0v) is 17.0. The number of aryl methyl sites for hydroxylation is 2. The van der Waals surface area contributed by atoms with Crippen LogP contribution in [0.4, 0.5) is 14.6 Å². The highest BCUT2D eigenvalue weighted by atomic mass is 19.1. The van der Waals surface area contributed by atoms with E-state index < -0.39 is 23.1 Å². The standard InChI is InChI=1S/C20H14F2N4O2.C2H6/c1-10-6-13-11(2)26-28-17(13)7-12(10)16-8-24-18(9-23-16)25-20(27)19-14(21)4-3-5-15(19)22;1-2/h3-9H,1-2H3,(H,24,25,27);1-2H3. The first-order chi connectivity index (χ1) is 14.4. The summed E-state index contributed by atoms with van der Waals surface area (Å²) in [5.74, 6) is -2.76. The van der Waals surface area contributed by atoms with Gasteiger partial charge in [-0.1, -0.05) is 25.1 Å². The first-order valence-electron chi connectivity index (χ1n) is 9.38. The van der Waals surface area contributed by atoms with Crippen LogP contribution in [-0.4, -0.2) is 21.0 Å². The van der Waals surface area contributed by atoms with Gasteiger partial charge in [-0.15, -0.1) is 0 Å². The molecule has 0 saturated carbocycles. The average molecular weight is 410 g/mol. The second-order valence-electron chi connectivity index (χ2n) is 6.27. The topological polar surface area (TPSA) is 80.9 Å². The highest BCUT2D eigenvalue weighted by molar-refractivity contribution is 6.04. The molecule has 4 rings (SSSR count). The lowest BCUT2D eigenvalue weighted by Crippen LogP contribution is -2.16. The molecule has 0 unspecified atom stereocenters. The quantitative estimate of drug-likeness (QED) is 0.485. The molecule has 6 nitrogen and oxygen atoms in total. The summed E-state index contributed by atoms with van der Waals surface area (Å²) < 4.78 is 32.7. The number of benzene rings is 2. The molecular weight excluding hydrogens is 390 g/mol. The van der Waals surface area contributed by atoms with E-state index in [9.17, 15) is 13.6 Å². The number of halogens is 2. The maximum Gasteiger partial charge on any atom is 0.262 e. The lowest BCUT2D eigenvalue weighted by Gasteiger charge is -2.08. The van der Waals surface area contributed by atoms with Gasteiger partial charge in [0.05, 0.1) is 23.8 Å². The SMILES string of the molecule is CC.Cc1cc2c(C)noc2cc1-c1cnc(NC(=O)c2c(F)cccc2F)cn1. The number of rotatable bonds is 3. The Balaban J connectivity index is 0.00000124. The minimum atomic E-state index is -0.951. The number of nitrogens with one attached hydrogen (secondary N) is 1. The molecule has 0 radical (unpaired) electrons. The molecule has 0 aliphatic carbocycles. The number of fused-ring (bicyclic) bond motifs is 1. The van der Waals surface area contributed by atoms with Gasteiger partial charge in [0.15, 0.2) is 11.4 Å². The fraction of sp³-hybridized carbons (Fsp3) is 0.182. The lowest BCUT2D eigenvalue weighted by molar-refractivity contribution is 0.101. The predicted molar refractivity (Wildman–Crippen MR) is 110 cm³/mol. The molecule has 154 valence electrons. The molecule has 0 fully saturated rings. The molecule has 2 heterocycles. The third-order valence-corrected chi connectivity index (χ3v) is 4.36. The second-order valence-corrected chi connectivity index (χ2v) is 6.27. The molecular formula is C22H20F2N4O2. The fourth-order valence-electron chi connectivity index (χ4n) is 2.91. The van der Waals surface area contributed by atoms with Crippen molar-refractivity contribution in [2.24, 2.45) is 0 Å². The monoisotopic (exact) mass is 410 g/mol. The van der Waals surface area contributed by atoms with Gasteiger partial charge in [-0.2, -0.15) is 0 Å². The molecule has 8 heteroatoms. The largest absolute Gasteiger partial charge is 0.356 e. The van der Waals surface area contributed by atoms with Crippen LogP contribution in [0.5, 0.6) is 0 Å². The van der Waals surface area contributed by atoms with Crippen LogP contribution in [0.2, 0.25) is 0 Å². The molecule has 0 aliphatic heterocycles. The molecule has 30 heavy (non-hydrogen) atoms. The van der Waals surface area contributed by atoms with Crippen molar-refractivity contribution in [3.05, 3.63) is 71.2 Å². The second kappa shape index (κ2) is 8.77. The number of aromatic nitrogens is 3. The Morgan fingerprint density at radius 1 is 1.03 bits per heavy atom. The Kier molecular flexibility index (Phi) is 6.15. The number of hydrogen-bond donors (Lipinski definition) is 1. The van der Waals surface area contributed by atoms with Gasteiger partial charge >= 0.3 is 0 Å². The summed E-state index contributed by atoms with van der Waals surface area (Å²) in [7, 11) is 0. The molecule has 0 aliphatic rings. The molecule has 2 aromatic heterocycles. The maximum absolute atomic E-state index is 13.7. The van der Waals surface area contributed by atoms with Crippen LogP contribution in [0.25, 0.3) is 22.2 Å². The fourth-order valence-corrected chi connectivity index (χ4v) is 2.91. The third kappa shape index (κ3) is 4.03. The first-order valence-corrected chi connectivity index (χ1v) is 9.38. The van der Waals surface area contributed by atoms with E-state index in [1.54, 1.807) is 0 Å². The average Bonchev–Trinajstić information content (AvgIpc) is 3.09. The summed E-state index contributed by atoms with van der Waals surface area (Å²) in [4.78, 5) is 20.5.